The van der Waals surface area contributed by atoms with Gasteiger partial charge in [-0.25, -0.2) is 9.37 Å². The Kier molecular flexibility index (Phi) is 4.27. The van der Waals surface area contributed by atoms with E-state index in [0.29, 0.717) is 29.9 Å². The maximum atomic E-state index is 13.5. The van der Waals surface area contributed by atoms with E-state index < -0.39 is 5.82 Å². The Balaban J connectivity index is 2.39. The Bertz CT molecular complexity index is 627. The van der Waals surface area contributed by atoms with Gasteiger partial charge in [-0.1, -0.05) is 11.6 Å². The molecule has 0 unspecified atom stereocenters. The van der Waals surface area contributed by atoms with E-state index in [1.165, 1.54) is 19.1 Å². The number of aromatic nitrogens is 2. The van der Waals surface area contributed by atoms with Gasteiger partial charge in [0.1, 0.15) is 11.6 Å². The van der Waals surface area contributed by atoms with Crippen LogP contribution in [0.25, 0.3) is 11.0 Å². The first-order valence-electron chi connectivity index (χ1n) is 5.67. The molecule has 19 heavy (non-hydrogen) atoms. The molecule has 0 aliphatic heterocycles. The van der Waals surface area contributed by atoms with E-state index in [2.05, 4.69) is 10.3 Å². The molecule has 4 nitrogen and oxygen atoms in total. The third-order valence-electron chi connectivity index (χ3n) is 2.70. The number of nitrogens with zero attached hydrogens (tertiary/aromatic N) is 2. The summed E-state index contributed by atoms with van der Waals surface area (Å²) in [5, 5.41) is 2.70. The Morgan fingerprint density at radius 3 is 2.89 bits per heavy atom. The molecule has 0 saturated carbocycles. The number of imidazole rings is 1. The number of alkyl halides is 1. The third-order valence-corrected chi connectivity index (χ3v) is 3.23. The van der Waals surface area contributed by atoms with E-state index in [1.807, 2.05) is 0 Å². The van der Waals surface area contributed by atoms with Gasteiger partial charge in [0, 0.05) is 26.1 Å². The highest BCUT2D eigenvalue weighted by molar-refractivity contribution is 6.31. The zero-order valence-electron chi connectivity index (χ0n) is 10.2. The van der Waals surface area contributed by atoms with Crippen LogP contribution in [0.3, 0.4) is 0 Å². The summed E-state index contributed by atoms with van der Waals surface area (Å²) in [5.74, 6) is 0.194. The van der Waals surface area contributed by atoms with Crippen molar-refractivity contribution >= 4 is 40.1 Å². The number of nitrogens with one attached hydrogen (secondary N) is 1. The highest BCUT2D eigenvalue weighted by Gasteiger charge is 2.12. The fourth-order valence-corrected chi connectivity index (χ4v) is 2.23. The van der Waals surface area contributed by atoms with Gasteiger partial charge in [0.2, 0.25) is 5.91 Å². The average molecular weight is 304 g/mol. The van der Waals surface area contributed by atoms with Gasteiger partial charge in [-0.05, 0) is 6.07 Å². The molecule has 2 aromatic rings. The number of rotatable bonds is 4. The van der Waals surface area contributed by atoms with Crippen molar-refractivity contribution in [3.8, 4) is 0 Å². The van der Waals surface area contributed by atoms with Crippen LogP contribution in [0.15, 0.2) is 12.1 Å². The highest BCUT2D eigenvalue weighted by atomic mass is 35.5. The van der Waals surface area contributed by atoms with Gasteiger partial charge in [0.15, 0.2) is 0 Å². The molecular formula is C12H12Cl2FN3O. The molecule has 7 heteroatoms. The predicted molar refractivity (Wildman–Crippen MR) is 72.9 cm³/mol. The number of benzene rings is 1. The molecule has 0 fully saturated rings. The second-order valence-electron chi connectivity index (χ2n) is 4.05. The number of carbonyl (C=O) groups excluding carboxylic acids is 1. The molecule has 102 valence electrons. The maximum absolute atomic E-state index is 13.5. The van der Waals surface area contributed by atoms with Gasteiger partial charge >= 0.3 is 0 Å². The molecule has 0 aliphatic rings. The lowest BCUT2D eigenvalue weighted by atomic mass is 10.3. The van der Waals surface area contributed by atoms with Gasteiger partial charge in [-0.2, -0.15) is 0 Å². The van der Waals surface area contributed by atoms with Crippen molar-refractivity contribution < 1.29 is 9.18 Å². The summed E-state index contributed by atoms with van der Waals surface area (Å²) in [5.41, 5.74) is 1.20. The third kappa shape index (κ3) is 2.98. The molecular weight excluding hydrogens is 292 g/mol. The quantitative estimate of drug-likeness (QED) is 0.883. The van der Waals surface area contributed by atoms with Gasteiger partial charge in [0.05, 0.1) is 21.9 Å². The van der Waals surface area contributed by atoms with Crippen molar-refractivity contribution in [1.29, 1.82) is 0 Å². The van der Waals surface area contributed by atoms with E-state index >= 15 is 0 Å². The molecule has 2 rings (SSSR count). The minimum absolute atomic E-state index is 0.0279. The zero-order valence-corrected chi connectivity index (χ0v) is 11.7. The van der Waals surface area contributed by atoms with Crippen molar-refractivity contribution in [2.45, 2.75) is 19.3 Å². The monoisotopic (exact) mass is 303 g/mol. The molecule has 1 aromatic heterocycles. The normalized spacial score (nSPS) is 10.9. The maximum Gasteiger partial charge on any atom is 0.216 e. The van der Waals surface area contributed by atoms with E-state index in [0.717, 1.165) is 0 Å². The van der Waals surface area contributed by atoms with E-state index in [1.54, 1.807) is 4.57 Å². The SMILES string of the molecule is CC(=O)NCCn1c(CCl)nc2cc(Cl)c(F)cc21. The van der Waals surface area contributed by atoms with Crippen molar-refractivity contribution in [3.63, 3.8) is 0 Å². The lowest BCUT2D eigenvalue weighted by Gasteiger charge is -2.08. The van der Waals surface area contributed by atoms with E-state index in [4.69, 9.17) is 23.2 Å². The van der Waals surface area contributed by atoms with Crippen LogP contribution in [-0.2, 0) is 17.2 Å². The Morgan fingerprint density at radius 2 is 2.26 bits per heavy atom. The van der Waals surface area contributed by atoms with Crippen molar-refractivity contribution in [1.82, 2.24) is 14.9 Å². The smallest absolute Gasteiger partial charge is 0.216 e. The Hall–Kier alpha value is -1.33. The van der Waals surface area contributed by atoms with Gasteiger partial charge in [-0.15, -0.1) is 11.6 Å². The summed E-state index contributed by atoms with van der Waals surface area (Å²) in [4.78, 5) is 15.1. The molecule has 0 saturated heterocycles. The van der Waals surface area contributed by atoms with Gasteiger partial charge in [-0.3, -0.25) is 4.79 Å². The summed E-state index contributed by atoms with van der Waals surface area (Å²) in [6.45, 7) is 2.34. The number of halogens is 3. The number of carbonyl (C=O) groups is 1. The van der Waals surface area contributed by atoms with Crippen LogP contribution in [0.2, 0.25) is 5.02 Å². The molecule has 0 spiro atoms. The molecule has 1 heterocycles. The minimum Gasteiger partial charge on any atom is -0.355 e. The Morgan fingerprint density at radius 1 is 1.53 bits per heavy atom. The largest absolute Gasteiger partial charge is 0.355 e. The lowest BCUT2D eigenvalue weighted by molar-refractivity contribution is -0.118. The van der Waals surface area contributed by atoms with Gasteiger partial charge in [0.25, 0.3) is 0 Å². The van der Waals surface area contributed by atoms with Crippen LogP contribution in [0.4, 0.5) is 4.39 Å². The first kappa shape index (κ1) is 14.1. The summed E-state index contributed by atoms with van der Waals surface area (Å²) in [7, 11) is 0. The fraction of sp³-hybridized carbons (Fsp3) is 0.333. The topological polar surface area (TPSA) is 46.9 Å². The average Bonchev–Trinajstić information content (AvgIpc) is 2.67. The first-order chi connectivity index (χ1) is 9.02. The molecule has 1 amide bonds. The van der Waals surface area contributed by atoms with Crippen molar-refractivity contribution in [2.75, 3.05) is 6.54 Å². The zero-order chi connectivity index (χ0) is 14.0. The summed E-state index contributed by atoms with van der Waals surface area (Å²) < 4.78 is 15.3. The van der Waals surface area contributed by atoms with Crippen molar-refractivity contribution in [2.24, 2.45) is 0 Å². The van der Waals surface area contributed by atoms with Crippen LogP contribution >= 0.6 is 23.2 Å². The molecule has 0 radical (unpaired) electrons. The molecule has 0 atom stereocenters. The lowest BCUT2D eigenvalue weighted by Crippen LogP contribution is -2.24. The van der Waals surface area contributed by atoms with Crippen LogP contribution in [-0.4, -0.2) is 22.0 Å². The molecule has 0 bridgehead atoms. The van der Waals surface area contributed by atoms with Crippen LogP contribution in [0.5, 0.6) is 0 Å². The highest BCUT2D eigenvalue weighted by Crippen LogP contribution is 2.24. The number of fused-ring (bicyclic) bond motifs is 1. The van der Waals surface area contributed by atoms with Crippen LogP contribution in [0.1, 0.15) is 12.7 Å². The first-order valence-corrected chi connectivity index (χ1v) is 6.58. The van der Waals surface area contributed by atoms with Gasteiger partial charge < -0.3 is 9.88 Å². The molecule has 0 aliphatic carbocycles. The number of amides is 1. The number of hydrogen-bond donors (Lipinski definition) is 1. The molecule has 1 aromatic carbocycles. The van der Waals surface area contributed by atoms with E-state index in [9.17, 15) is 9.18 Å². The number of hydrogen-bond acceptors (Lipinski definition) is 2. The molecule has 1 N–H and O–H groups in total. The van der Waals surface area contributed by atoms with Crippen LogP contribution < -0.4 is 5.32 Å². The fourth-order valence-electron chi connectivity index (χ4n) is 1.87. The minimum atomic E-state index is -0.504. The second kappa shape index (κ2) is 5.75. The Labute approximate surface area is 119 Å². The van der Waals surface area contributed by atoms with E-state index in [-0.39, 0.29) is 16.8 Å². The summed E-state index contributed by atoms with van der Waals surface area (Å²) in [6, 6.07) is 2.80. The van der Waals surface area contributed by atoms with Crippen molar-refractivity contribution in [3.05, 3.63) is 28.8 Å². The van der Waals surface area contributed by atoms with Crippen LogP contribution in [0, 0.1) is 5.82 Å². The summed E-state index contributed by atoms with van der Waals surface area (Å²) in [6.07, 6.45) is 0. The summed E-state index contributed by atoms with van der Waals surface area (Å²) >= 11 is 11.6. The standard InChI is InChI=1S/C12H12Cl2FN3O/c1-7(19)16-2-3-18-11-5-9(15)8(14)4-10(11)17-12(18)6-13/h4-5H,2-3,6H2,1H3,(H,16,19). The predicted octanol–water partition coefficient (Wildman–Crippen LogP) is 2.70. The second-order valence-corrected chi connectivity index (χ2v) is 4.73.